The van der Waals surface area contributed by atoms with Gasteiger partial charge in [-0.2, -0.15) is 5.26 Å². The Morgan fingerprint density at radius 1 is 1.40 bits per heavy atom. The van der Waals surface area contributed by atoms with Crippen LogP contribution in [-0.2, 0) is 11.2 Å². The highest BCUT2D eigenvalue weighted by Crippen LogP contribution is 2.30. The van der Waals surface area contributed by atoms with E-state index in [4.69, 9.17) is 14.4 Å². The van der Waals surface area contributed by atoms with Crippen molar-refractivity contribution in [1.82, 2.24) is 9.88 Å². The lowest BCUT2D eigenvalue weighted by Gasteiger charge is -2.29. The van der Waals surface area contributed by atoms with Gasteiger partial charge >= 0.3 is 0 Å². The number of aromatic nitrogens is 1. The van der Waals surface area contributed by atoms with Gasteiger partial charge in [-0.25, -0.2) is 4.98 Å². The maximum atomic E-state index is 12.5. The number of hydrogen-bond acceptors (Lipinski definition) is 5. The van der Waals surface area contributed by atoms with Crippen molar-refractivity contribution in [2.75, 3.05) is 20.2 Å². The number of para-hydroxylation sites is 1. The SMILES string of the molecule is COc1ccccc1-c1nc(CC(=O)N2CCC(C#N)CC2)c(C)o1. The number of amides is 1. The molecule has 1 amide bonds. The van der Waals surface area contributed by atoms with Crippen molar-refractivity contribution in [3.05, 3.63) is 35.7 Å². The third kappa shape index (κ3) is 3.66. The van der Waals surface area contributed by atoms with Crippen molar-refractivity contribution in [3.63, 3.8) is 0 Å². The quantitative estimate of drug-likeness (QED) is 0.855. The molecule has 0 unspecified atom stereocenters. The molecule has 2 aromatic rings. The fourth-order valence-electron chi connectivity index (χ4n) is 3.04. The van der Waals surface area contributed by atoms with Gasteiger partial charge in [0.1, 0.15) is 11.5 Å². The molecule has 6 heteroatoms. The summed E-state index contributed by atoms with van der Waals surface area (Å²) < 4.78 is 11.1. The van der Waals surface area contributed by atoms with Gasteiger partial charge in [-0.3, -0.25) is 4.79 Å². The normalized spacial score (nSPS) is 15.0. The number of aryl methyl sites for hydroxylation is 1. The fraction of sp³-hybridized carbons (Fsp3) is 0.421. The lowest BCUT2D eigenvalue weighted by molar-refractivity contribution is -0.131. The molecule has 0 aliphatic carbocycles. The predicted molar refractivity (Wildman–Crippen MR) is 91.8 cm³/mol. The first-order valence-electron chi connectivity index (χ1n) is 8.39. The Bertz CT molecular complexity index is 798. The molecule has 0 spiro atoms. The molecule has 1 aliphatic rings. The number of ether oxygens (including phenoxy) is 1. The minimum Gasteiger partial charge on any atom is -0.496 e. The van der Waals surface area contributed by atoms with Gasteiger partial charge in [0, 0.05) is 19.0 Å². The van der Waals surface area contributed by atoms with E-state index >= 15 is 0 Å². The number of oxazole rings is 1. The molecule has 1 saturated heterocycles. The first-order chi connectivity index (χ1) is 12.1. The average Bonchev–Trinajstić information content (AvgIpc) is 3.02. The van der Waals surface area contributed by atoms with Crippen LogP contribution in [0.25, 0.3) is 11.5 Å². The summed E-state index contributed by atoms with van der Waals surface area (Å²) in [5, 5.41) is 8.96. The van der Waals surface area contributed by atoms with Crippen molar-refractivity contribution in [3.8, 4) is 23.3 Å². The van der Waals surface area contributed by atoms with Crippen molar-refractivity contribution in [1.29, 1.82) is 5.26 Å². The lowest BCUT2D eigenvalue weighted by atomic mass is 9.98. The van der Waals surface area contributed by atoms with Crippen LogP contribution in [0.1, 0.15) is 24.3 Å². The summed E-state index contributed by atoms with van der Waals surface area (Å²) >= 11 is 0. The van der Waals surface area contributed by atoms with Gasteiger partial charge in [0.25, 0.3) is 0 Å². The largest absolute Gasteiger partial charge is 0.496 e. The second-order valence-electron chi connectivity index (χ2n) is 6.18. The molecule has 0 N–H and O–H groups in total. The third-order valence-electron chi connectivity index (χ3n) is 4.58. The zero-order valence-electron chi connectivity index (χ0n) is 14.5. The van der Waals surface area contributed by atoms with E-state index in [2.05, 4.69) is 11.1 Å². The van der Waals surface area contributed by atoms with Gasteiger partial charge in [-0.1, -0.05) is 12.1 Å². The van der Waals surface area contributed by atoms with Crippen molar-refractivity contribution < 1.29 is 13.9 Å². The standard InChI is InChI=1S/C19H21N3O3/c1-13-16(11-18(23)22-9-7-14(12-20)8-10-22)21-19(25-13)15-5-3-4-6-17(15)24-2/h3-6,14H,7-11H2,1-2H3. The van der Waals surface area contributed by atoms with Gasteiger partial charge < -0.3 is 14.1 Å². The summed E-state index contributed by atoms with van der Waals surface area (Å²) in [5.74, 6) is 1.87. The summed E-state index contributed by atoms with van der Waals surface area (Å²) in [5.41, 5.74) is 1.41. The highest BCUT2D eigenvalue weighted by Gasteiger charge is 2.24. The zero-order chi connectivity index (χ0) is 17.8. The Morgan fingerprint density at radius 2 is 2.12 bits per heavy atom. The Balaban J connectivity index is 1.73. The molecule has 1 aromatic carbocycles. The first-order valence-corrected chi connectivity index (χ1v) is 8.39. The minimum atomic E-state index is 0.0272. The molecule has 130 valence electrons. The molecule has 0 radical (unpaired) electrons. The number of methoxy groups -OCH3 is 1. The maximum absolute atomic E-state index is 12.5. The highest BCUT2D eigenvalue weighted by atomic mass is 16.5. The van der Waals surface area contributed by atoms with Crippen LogP contribution >= 0.6 is 0 Å². The van der Waals surface area contributed by atoms with Crippen LogP contribution in [-0.4, -0.2) is 36.0 Å². The lowest BCUT2D eigenvalue weighted by Crippen LogP contribution is -2.39. The first kappa shape index (κ1) is 17.0. The number of benzene rings is 1. The molecule has 3 rings (SSSR count). The Hall–Kier alpha value is -2.81. The predicted octanol–water partition coefficient (Wildman–Crippen LogP) is 2.96. The summed E-state index contributed by atoms with van der Waals surface area (Å²) in [4.78, 5) is 18.8. The van der Waals surface area contributed by atoms with Gasteiger partial charge in [0.05, 0.1) is 30.9 Å². The van der Waals surface area contributed by atoms with E-state index in [9.17, 15) is 4.79 Å². The van der Waals surface area contributed by atoms with E-state index in [-0.39, 0.29) is 18.2 Å². The van der Waals surface area contributed by atoms with Crippen LogP contribution < -0.4 is 4.74 Å². The Morgan fingerprint density at radius 3 is 2.80 bits per heavy atom. The fourth-order valence-corrected chi connectivity index (χ4v) is 3.04. The van der Waals surface area contributed by atoms with Crippen molar-refractivity contribution in [2.24, 2.45) is 5.92 Å². The second-order valence-corrected chi connectivity index (χ2v) is 6.18. The van der Waals surface area contributed by atoms with E-state index in [1.807, 2.05) is 36.1 Å². The van der Waals surface area contributed by atoms with E-state index in [1.165, 1.54) is 0 Å². The highest BCUT2D eigenvalue weighted by molar-refractivity contribution is 5.79. The van der Waals surface area contributed by atoms with E-state index in [1.54, 1.807) is 7.11 Å². The molecular formula is C19H21N3O3. The molecule has 1 aromatic heterocycles. The summed E-state index contributed by atoms with van der Waals surface area (Å²) in [7, 11) is 1.60. The van der Waals surface area contributed by atoms with E-state index in [0.717, 1.165) is 18.4 Å². The van der Waals surface area contributed by atoms with Crippen LogP contribution in [0, 0.1) is 24.2 Å². The van der Waals surface area contributed by atoms with Crippen LogP contribution in [0.2, 0.25) is 0 Å². The molecule has 0 saturated carbocycles. The Labute approximate surface area is 147 Å². The molecule has 0 bridgehead atoms. The number of nitrogens with zero attached hydrogens (tertiary/aromatic N) is 3. The smallest absolute Gasteiger partial charge is 0.230 e. The third-order valence-corrected chi connectivity index (χ3v) is 4.58. The average molecular weight is 339 g/mol. The second kappa shape index (κ2) is 7.39. The van der Waals surface area contributed by atoms with Gasteiger partial charge in [0.15, 0.2) is 0 Å². The number of piperidine rings is 1. The number of likely N-dealkylation sites (tertiary alicyclic amines) is 1. The van der Waals surface area contributed by atoms with Gasteiger partial charge in [-0.15, -0.1) is 0 Å². The van der Waals surface area contributed by atoms with Crippen LogP contribution in [0.15, 0.2) is 28.7 Å². The van der Waals surface area contributed by atoms with Crippen LogP contribution in [0.4, 0.5) is 0 Å². The number of rotatable bonds is 4. The molecule has 0 atom stereocenters. The molecule has 1 aliphatic heterocycles. The molecule has 1 fully saturated rings. The monoisotopic (exact) mass is 339 g/mol. The molecule has 25 heavy (non-hydrogen) atoms. The maximum Gasteiger partial charge on any atom is 0.230 e. The number of hydrogen-bond donors (Lipinski definition) is 0. The summed E-state index contributed by atoms with van der Waals surface area (Å²) in [6.45, 7) is 3.08. The zero-order valence-corrected chi connectivity index (χ0v) is 14.5. The molecule has 6 nitrogen and oxygen atoms in total. The minimum absolute atomic E-state index is 0.0272. The summed E-state index contributed by atoms with van der Waals surface area (Å²) in [6.07, 6.45) is 1.70. The number of nitriles is 1. The molecule has 2 heterocycles. The van der Waals surface area contributed by atoms with E-state index < -0.39 is 0 Å². The van der Waals surface area contributed by atoms with Crippen molar-refractivity contribution >= 4 is 5.91 Å². The molecular weight excluding hydrogens is 318 g/mol. The number of carbonyl (C=O) groups is 1. The topological polar surface area (TPSA) is 79.4 Å². The van der Waals surface area contributed by atoms with Crippen LogP contribution in [0.3, 0.4) is 0 Å². The Kier molecular flexibility index (Phi) is 5.03. The van der Waals surface area contributed by atoms with Gasteiger partial charge in [-0.05, 0) is 31.9 Å². The van der Waals surface area contributed by atoms with E-state index in [0.29, 0.717) is 36.2 Å². The van der Waals surface area contributed by atoms with Gasteiger partial charge in [0.2, 0.25) is 11.8 Å². The van der Waals surface area contributed by atoms with Crippen molar-refractivity contribution in [2.45, 2.75) is 26.2 Å². The summed E-state index contributed by atoms with van der Waals surface area (Å²) in [6, 6.07) is 9.77. The number of carbonyl (C=O) groups excluding carboxylic acids is 1. The van der Waals surface area contributed by atoms with Crippen LogP contribution in [0.5, 0.6) is 5.75 Å².